The minimum Gasteiger partial charge on any atom is -0.367 e. The number of nitrogens with one attached hydrogen (secondary N) is 2. The number of aryl methyl sites for hydroxylation is 1. The molecule has 0 aromatic heterocycles. The molecule has 0 spiro atoms. The molecule has 1 saturated heterocycles. The van der Waals surface area contributed by atoms with Crippen LogP contribution in [0.25, 0.3) is 0 Å². The monoisotopic (exact) mass is 260 g/mol. The van der Waals surface area contributed by atoms with Gasteiger partial charge in [0.25, 0.3) is 0 Å². The Bertz CT molecular complexity index is 521. The number of benzene rings is 1. The predicted molar refractivity (Wildman–Crippen MR) is 70.3 cm³/mol. The van der Waals surface area contributed by atoms with Crippen molar-refractivity contribution < 1.29 is 14.3 Å². The fourth-order valence-electron chi connectivity index (χ4n) is 2.46. The van der Waals surface area contributed by atoms with Gasteiger partial charge in [0, 0.05) is 30.8 Å². The van der Waals surface area contributed by atoms with Gasteiger partial charge in [0.05, 0.1) is 6.61 Å². The maximum Gasteiger partial charge on any atom is 0.224 e. The maximum atomic E-state index is 12.3. The highest BCUT2D eigenvalue weighted by Gasteiger charge is 2.24. The van der Waals surface area contributed by atoms with Crippen LogP contribution < -0.4 is 10.6 Å². The molecular formula is C14H16N2O3. The first-order valence-corrected chi connectivity index (χ1v) is 6.53. The van der Waals surface area contributed by atoms with Crippen molar-refractivity contribution in [2.75, 3.05) is 25.0 Å². The van der Waals surface area contributed by atoms with Crippen LogP contribution in [-0.2, 0) is 16.0 Å². The van der Waals surface area contributed by atoms with Crippen molar-refractivity contribution in [2.24, 2.45) is 0 Å². The van der Waals surface area contributed by atoms with Gasteiger partial charge in [0.1, 0.15) is 6.10 Å². The fraction of sp³-hybridized carbons (Fsp3) is 0.429. The van der Waals surface area contributed by atoms with Crippen molar-refractivity contribution in [3.05, 3.63) is 29.3 Å². The number of rotatable bonds is 2. The lowest BCUT2D eigenvalue weighted by molar-refractivity contribution is -0.116. The molecule has 1 fully saturated rings. The standard InChI is InChI=1S/C14H16N2O3/c17-13-4-2-9-7-10(1-3-11(9)16-13)14(18)12-8-15-5-6-19-12/h1,3,7,12,15H,2,4-6,8H2,(H,16,17). The quantitative estimate of drug-likeness (QED) is 0.770. The molecule has 0 radical (unpaired) electrons. The lowest BCUT2D eigenvalue weighted by atomic mass is 9.97. The second-order valence-corrected chi connectivity index (χ2v) is 4.85. The van der Waals surface area contributed by atoms with E-state index < -0.39 is 6.10 Å². The highest BCUT2D eigenvalue weighted by Crippen LogP contribution is 2.24. The maximum absolute atomic E-state index is 12.3. The zero-order chi connectivity index (χ0) is 13.2. The predicted octanol–water partition coefficient (Wildman–Crippen LogP) is 0.742. The first kappa shape index (κ1) is 12.3. The number of carbonyl (C=O) groups excluding carboxylic acids is 2. The van der Waals surface area contributed by atoms with E-state index in [-0.39, 0.29) is 11.7 Å². The van der Waals surface area contributed by atoms with Gasteiger partial charge in [0.2, 0.25) is 5.91 Å². The summed E-state index contributed by atoms with van der Waals surface area (Å²) in [5, 5.41) is 5.96. The van der Waals surface area contributed by atoms with Crippen molar-refractivity contribution in [3.8, 4) is 0 Å². The van der Waals surface area contributed by atoms with Crippen molar-refractivity contribution in [1.29, 1.82) is 0 Å². The van der Waals surface area contributed by atoms with Gasteiger partial charge in [-0.05, 0) is 30.2 Å². The average Bonchev–Trinajstić information content (AvgIpc) is 2.47. The molecule has 1 unspecified atom stereocenters. The van der Waals surface area contributed by atoms with Crippen molar-refractivity contribution in [2.45, 2.75) is 18.9 Å². The second-order valence-electron chi connectivity index (χ2n) is 4.85. The SMILES string of the molecule is O=C1CCc2cc(C(=O)C3CNCCO3)ccc2N1. The van der Waals surface area contributed by atoms with Crippen LogP contribution in [0, 0.1) is 0 Å². The second kappa shape index (κ2) is 5.11. The Balaban J connectivity index is 1.81. The summed E-state index contributed by atoms with van der Waals surface area (Å²) in [4.78, 5) is 23.6. The average molecular weight is 260 g/mol. The van der Waals surface area contributed by atoms with Crippen LogP contribution in [0.3, 0.4) is 0 Å². The van der Waals surface area contributed by atoms with Gasteiger partial charge in [-0.2, -0.15) is 0 Å². The third kappa shape index (κ3) is 2.52. The van der Waals surface area contributed by atoms with E-state index in [2.05, 4.69) is 10.6 Å². The number of ketones is 1. The Morgan fingerprint density at radius 1 is 1.32 bits per heavy atom. The molecule has 1 atom stereocenters. The number of amides is 1. The van der Waals surface area contributed by atoms with Gasteiger partial charge >= 0.3 is 0 Å². The zero-order valence-electron chi connectivity index (χ0n) is 10.6. The van der Waals surface area contributed by atoms with Gasteiger partial charge in [0.15, 0.2) is 5.78 Å². The summed E-state index contributed by atoms with van der Waals surface area (Å²) >= 11 is 0. The lowest BCUT2D eigenvalue weighted by Crippen LogP contribution is -2.43. The first-order chi connectivity index (χ1) is 9.24. The summed E-state index contributed by atoms with van der Waals surface area (Å²) in [7, 11) is 0. The molecule has 19 heavy (non-hydrogen) atoms. The van der Waals surface area contributed by atoms with Gasteiger partial charge in [-0.3, -0.25) is 9.59 Å². The van der Waals surface area contributed by atoms with E-state index in [0.29, 0.717) is 31.6 Å². The van der Waals surface area contributed by atoms with Crippen LogP contribution in [0.1, 0.15) is 22.3 Å². The number of carbonyl (C=O) groups is 2. The molecule has 0 aliphatic carbocycles. The van der Waals surface area contributed by atoms with Crippen LogP contribution >= 0.6 is 0 Å². The van der Waals surface area contributed by atoms with Crippen molar-refractivity contribution in [1.82, 2.24) is 5.32 Å². The van der Waals surface area contributed by atoms with Gasteiger partial charge in [-0.1, -0.05) is 0 Å². The third-order valence-electron chi connectivity index (χ3n) is 3.51. The van der Waals surface area contributed by atoms with Crippen LogP contribution in [-0.4, -0.2) is 37.5 Å². The molecular weight excluding hydrogens is 244 g/mol. The van der Waals surface area contributed by atoms with E-state index in [4.69, 9.17) is 4.74 Å². The van der Waals surface area contributed by atoms with Gasteiger partial charge in [-0.25, -0.2) is 0 Å². The summed E-state index contributed by atoms with van der Waals surface area (Å²) in [5.41, 5.74) is 2.49. The number of morpholine rings is 1. The number of hydrogen-bond donors (Lipinski definition) is 2. The number of hydrogen-bond acceptors (Lipinski definition) is 4. The summed E-state index contributed by atoms with van der Waals surface area (Å²) in [6.45, 7) is 1.92. The van der Waals surface area contributed by atoms with Gasteiger partial charge in [-0.15, -0.1) is 0 Å². The van der Waals surface area contributed by atoms with E-state index in [1.54, 1.807) is 12.1 Å². The molecule has 5 nitrogen and oxygen atoms in total. The molecule has 5 heteroatoms. The summed E-state index contributed by atoms with van der Waals surface area (Å²) in [6.07, 6.45) is 0.767. The van der Waals surface area contributed by atoms with E-state index in [0.717, 1.165) is 17.8 Å². The van der Waals surface area contributed by atoms with E-state index >= 15 is 0 Å². The van der Waals surface area contributed by atoms with Crippen molar-refractivity contribution >= 4 is 17.4 Å². The molecule has 0 saturated carbocycles. The minimum atomic E-state index is -0.398. The Hall–Kier alpha value is -1.72. The topological polar surface area (TPSA) is 67.4 Å². The smallest absolute Gasteiger partial charge is 0.224 e. The summed E-state index contributed by atoms with van der Waals surface area (Å²) in [6, 6.07) is 5.43. The normalized spacial score (nSPS) is 22.5. The molecule has 1 amide bonds. The Morgan fingerprint density at radius 2 is 2.21 bits per heavy atom. The van der Waals surface area contributed by atoms with Crippen LogP contribution in [0.2, 0.25) is 0 Å². The number of anilines is 1. The van der Waals surface area contributed by atoms with E-state index in [1.807, 2.05) is 6.07 Å². The third-order valence-corrected chi connectivity index (χ3v) is 3.51. The Kier molecular flexibility index (Phi) is 3.31. The molecule has 3 rings (SSSR count). The zero-order valence-corrected chi connectivity index (χ0v) is 10.6. The Morgan fingerprint density at radius 3 is 3.00 bits per heavy atom. The van der Waals surface area contributed by atoms with Crippen LogP contribution in [0.5, 0.6) is 0 Å². The molecule has 1 aromatic rings. The van der Waals surface area contributed by atoms with E-state index in [1.165, 1.54) is 0 Å². The van der Waals surface area contributed by atoms with E-state index in [9.17, 15) is 9.59 Å². The molecule has 2 aliphatic rings. The largest absolute Gasteiger partial charge is 0.367 e. The highest BCUT2D eigenvalue weighted by atomic mass is 16.5. The number of Topliss-reactive ketones (excluding diaryl/α,β-unsaturated/α-hetero) is 1. The highest BCUT2D eigenvalue weighted by molar-refractivity contribution is 6.01. The van der Waals surface area contributed by atoms with Crippen LogP contribution in [0.15, 0.2) is 18.2 Å². The summed E-state index contributed by atoms with van der Waals surface area (Å²) < 4.78 is 5.47. The lowest BCUT2D eigenvalue weighted by Gasteiger charge is -2.23. The fourth-order valence-corrected chi connectivity index (χ4v) is 2.46. The first-order valence-electron chi connectivity index (χ1n) is 6.53. The number of fused-ring (bicyclic) bond motifs is 1. The molecule has 2 N–H and O–H groups in total. The van der Waals surface area contributed by atoms with Crippen molar-refractivity contribution in [3.63, 3.8) is 0 Å². The van der Waals surface area contributed by atoms with Gasteiger partial charge < -0.3 is 15.4 Å². The Labute approximate surface area is 111 Å². The minimum absolute atomic E-state index is 0.00639. The molecule has 0 bridgehead atoms. The number of ether oxygens (including phenoxy) is 1. The molecule has 100 valence electrons. The molecule has 1 aromatic carbocycles. The summed E-state index contributed by atoms with van der Waals surface area (Å²) in [5.74, 6) is 0.0401. The van der Waals surface area contributed by atoms with Crippen LogP contribution in [0.4, 0.5) is 5.69 Å². The molecule has 2 heterocycles. The molecule has 2 aliphatic heterocycles.